The van der Waals surface area contributed by atoms with E-state index < -0.39 is 50.0 Å². The lowest BCUT2D eigenvalue weighted by Gasteiger charge is -2.26. The van der Waals surface area contributed by atoms with Crippen molar-refractivity contribution in [1.29, 1.82) is 0 Å². The van der Waals surface area contributed by atoms with Gasteiger partial charge in [-0.2, -0.15) is 4.72 Å². The summed E-state index contributed by atoms with van der Waals surface area (Å²) in [6.07, 6.45) is 0. The molecule has 1 heterocycles. The van der Waals surface area contributed by atoms with Gasteiger partial charge in [-0.25, -0.2) is 22.7 Å². The zero-order valence-corrected chi connectivity index (χ0v) is 20.7. The smallest absolute Gasteiger partial charge is 0.391 e. The number of aromatic amines is 1. The third kappa shape index (κ3) is 5.34. The van der Waals surface area contributed by atoms with Crippen LogP contribution in [0, 0.1) is 19.7 Å². The van der Waals surface area contributed by atoms with Crippen LogP contribution in [-0.4, -0.2) is 29.6 Å². The predicted molar refractivity (Wildman–Crippen MR) is 125 cm³/mol. The Bertz CT molecular complexity index is 1440. The molecule has 2 unspecified atom stereocenters. The van der Waals surface area contributed by atoms with Gasteiger partial charge in [-0.05, 0) is 68.1 Å². The monoisotopic (exact) mass is 506 g/mol. The highest BCUT2D eigenvalue weighted by Crippen LogP contribution is 2.36. The van der Waals surface area contributed by atoms with Crippen LogP contribution < -0.4 is 16.2 Å². The van der Waals surface area contributed by atoms with Crippen LogP contribution in [0.2, 0.25) is 0 Å². The highest BCUT2D eigenvalue weighted by Gasteiger charge is 2.35. The van der Waals surface area contributed by atoms with Crippen LogP contribution in [0.1, 0.15) is 71.2 Å². The molecule has 188 valence electrons. The molecule has 5 N–H and O–H groups in total. The highest BCUT2D eigenvalue weighted by atomic mass is 32.2. The van der Waals surface area contributed by atoms with E-state index in [4.69, 9.17) is 10.2 Å². The number of hydrogen-bond donors (Lipinski definition) is 4. The molecule has 2 atom stereocenters. The van der Waals surface area contributed by atoms with Crippen LogP contribution in [0.25, 0.3) is 0 Å². The molecular formula is C23H27FN4O6S. The number of H-pyrrole nitrogens is 1. The molecule has 12 heteroatoms. The molecule has 0 aliphatic heterocycles. The van der Waals surface area contributed by atoms with Crippen LogP contribution in [0.3, 0.4) is 0 Å². The van der Waals surface area contributed by atoms with E-state index in [-0.39, 0.29) is 22.6 Å². The molecule has 0 bridgehead atoms. The lowest BCUT2D eigenvalue weighted by molar-refractivity contribution is 0.0781. The van der Waals surface area contributed by atoms with Crippen molar-refractivity contribution in [2.75, 3.05) is 0 Å². The molecule has 0 saturated carbocycles. The van der Waals surface area contributed by atoms with Crippen molar-refractivity contribution in [2.45, 2.75) is 57.1 Å². The molecule has 3 rings (SSSR count). The van der Waals surface area contributed by atoms with Crippen LogP contribution >= 0.6 is 0 Å². The number of carbonyl (C=O) groups is 1. The van der Waals surface area contributed by atoms with Gasteiger partial charge in [0.2, 0.25) is 21.8 Å². The van der Waals surface area contributed by atoms with E-state index in [1.54, 1.807) is 26.8 Å². The number of rotatable bonds is 8. The van der Waals surface area contributed by atoms with Gasteiger partial charge in [0.15, 0.2) is 0 Å². The summed E-state index contributed by atoms with van der Waals surface area (Å²) in [7, 11) is -4.55. The van der Waals surface area contributed by atoms with Crippen LogP contribution in [0.4, 0.5) is 4.39 Å². The fourth-order valence-corrected chi connectivity index (χ4v) is 5.34. The van der Waals surface area contributed by atoms with Crippen molar-refractivity contribution in [3.8, 4) is 0 Å². The number of aliphatic hydroxyl groups is 1. The van der Waals surface area contributed by atoms with E-state index >= 15 is 0 Å². The summed E-state index contributed by atoms with van der Waals surface area (Å²) in [5.74, 6) is -3.75. The number of nitrogens with one attached hydrogen (secondary N) is 2. The van der Waals surface area contributed by atoms with E-state index in [0.717, 1.165) is 11.6 Å². The number of primary amides is 1. The third-order valence-corrected chi connectivity index (χ3v) is 7.41. The second-order valence-electron chi connectivity index (χ2n) is 8.88. The molecule has 0 radical (unpaired) electrons. The number of aryl methyl sites for hydroxylation is 1. The average molecular weight is 507 g/mol. The van der Waals surface area contributed by atoms with Gasteiger partial charge in [-0.3, -0.25) is 4.79 Å². The van der Waals surface area contributed by atoms with Crippen molar-refractivity contribution in [3.05, 3.63) is 80.4 Å². The number of carbonyl (C=O) groups excluding carboxylic acids is 1. The van der Waals surface area contributed by atoms with Gasteiger partial charge in [-0.15, -0.1) is 5.10 Å². The van der Waals surface area contributed by atoms with Crippen molar-refractivity contribution < 1.29 is 27.1 Å². The standard InChI is InChI=1S/C23H27FN4O6S/c1-11-6-9-16(24)18(12(11)2)13(3)19(21-26-27-22(30)34-21)28-35(32,33)17-10-14(23(4,5)31)7-8-15(17)20(25)29/h6-10,13,19,28,31H,1-5H3,(H2,25,29)(H,27,30). The van der Waals surface area contributed by atoms with Crippen molar-refractivity contribution in [1.82, 2.24) is 14.9 Å². The molecule has 0 spiro atoms. The van der Waals surface area contributed by atoms with E-state index in [9.17, 15) is 27.5 Å². The molecule has 0 fully saturated rings. The summed E-state index contributed by atoms with van der Waals surface area (Å²) in [4.78, 5) is 23.2. The summed E-state index contributed by atoms with van der Waals surface area (Å²) in [6.45, 7) is 7.91. The Morgan fingerprint density at radius 2 is 1.91 bits per heavy atom. The fourth-order valence-electron chi connectivity index (χ4n) is 3.83. The first-order chi connectivity index (χ1) is 16.1. The topological polar surface area (TPSA) is 168 Å². The molecule has 0 saturated heterocycles. The molecule has 1 aromatic heterocycles. The first kappa shape index (κ1) is 26.3. The molecule has 35 heavy (non-hydrogen) atoms. The van der Waals surface area contributed by atoms with Gasteiger partial charge in [0.25, 0.3) is 0 Å². The van der Waals surface area contributed by atoms with Gasteiger partial charge >= 0.3 is 5.76 Å². The summed E-state index contributed by atoms with van der Waals surface area (Å²) >= 11 is 0. The SMILES string of the molecule is Cc1ccc(F)c(C(C)C(NS(=O)(=O)c2cc(C(C)(C)O)ccc2C(N)=O)c2n[nH]c(=O)o2)c1C. The molecule has 10 nitrogen and oxygen atoms in total. The third-order valence-electron chi connectivity index (χ3n) is 5.93. The lowest BCUT2D eigenvalue weighted by Crippen LogP contribution is -2.34. The molecule has 2 aromatic carbocycles. The zero-order valence-electron chi connectivity index (χ0n) is 19.8. The number of amides is 1. The first-order valence-corrected chi connectivity index (χ1v) is 12.1. The highest BCUT2D eigenvalue weighted by molar-refractivity contribution is 7.89. The normalized spacial score (nSPS) is 14.0. The molecule has 1 amide bonds. The minimum Gasteiger partial charge on any atom is -0.391 e. The van der Waals surface area contributed by atoms with Crippen LogP contribution in [0.15, 0.2) is 44.4 Å². The summed E-state index contributed by atoms with van der Waals surface area (Å²) in [6, 6.07) is 5.22. The minimum absolute atomic E-state index is 0.198. The van der Waals surface area contributed by atoms with Crippen molar-refractivity contribution in [3.63, 3.8) is 0 Å². The maximum atomic E-state index is 14.9. The molecular weight excluding hydrogens is 479 g/mol. The Labute approximate surface area is 201 Å². The molecule has 0 aliphatic rings. The summed E-state index contributed by atoms with van der Waals surface area (Å²) in [5, 5.41) is 16.2. The minimum atomic E-state index is -4.55. The Kier molecular flexibility index (Phi) is 7.02. The largest absolute Gasteiger partial charge is 0.434 e. The Morgan fingerprint density at radius 3 is 2.46 bits per heavy atom. The quantitative estimate of drug-likeness (QED) is 0.363. The first-order valence-electron chi connectivity index (χ1n) is 10.6. The number of aromatic nitrogens is 2. The van der Waals surface area contributed by atoms with E-state index in [1.165, 1.54) is 32.0 Å². The van der Waals surface area contributed by atoms with Crippen LogP contribution in [-0.2, 0) is 15.6 Å². The second kappa shape index (κ2) is 9.36. The van der Waals surface area contributed by atoms with E-state index in [1.807, 2.05) is 0 Å². The van der Waals surface area contributed by atoms with Crippen LogP contribution in [0.5, 0.6) is 0 Å². The van der Waals surface area contributed by atoms with E-state index in [0.29, 0.717) is 5.56 Å². The molecule has 0 aliphatic carbocycles. The van der Waals surface area contributed by atoms with Gasteiger partial charge in [-0.1, -0.05) is 19.1 Å². The van der Waals surface area contributed by atoms with Gasteiger partial charge in [0.1, 0.15) is 11.9 Å². The second-order valence-corrected chi connectivity index (χ2v) is 10.6. The summed E-state index contributed by atoms with van der Waals surface area (Å²) < 4.78 is 49.4. The zero-order chi connectivity index (χ0) is 26.3. The Hall–Kier alpha value is -3.35. The maximum absolute atomic E-state index is 14.9. The number of halogens is 1. The number of nitrogens with two attached hydrogens (primary N) is 1. The number of nitrogens with zero attached hydrogens (tertiary/aromatic N) is 1. The van der Waals surface area contributed by atoms with Gasteiger partial charge < -0.3 is 15.3 Å². The van der Waals surface area contributed by atoms with Gasteiger partial charge in [0, 0.05) is 5.92 Å². The number of benzene rings is 2. The average Bonchev–Trinajstić information content (AvgIpc) is 3.19. The maximum Gasteiger partial charge on any atom is 0.434 e. The van der Waals surface area contributed by atoms with Crippen molar-refractivity contribution in [2.24, 2.45) is 5.73 Å². The lowest BCUT2D eigenvalue weighted by atomic mass is 9.88. The number of sulfonamides is 1. The molecule has 3 aromatic rings. The summed E-state index contributed by atoms with van der Waals surface area (Å²) in [5.41, 5.74) is 5.42. The number of hydrogen-bond acceptors (Lipinski definition) is 7. The predicted octanol–water partition coefficient (Wildman–Crippen LogP) is 2.27. The Morgan fingerprint density at radius 1 is 1.26 bits per heavy atom. The van der Waals surface area contributed by atoms with Gasteiger partial charge in [0.05, 0.1) is 16.1 Å². The Balaban J connectivity index is 2.19. The fraction of sp³-hybridized carbons (Fsp3) is 0.348. The van der Waals surface area contributed by atoms with Crippen molar-refractivity contribution >= 4 is 15.9 Å². The van der Waals surface area contributed by atoms with E-state index in [2.05, 4.69) is 14.9 Å².